The molecule has 0 aliphatic carbocycles. The number of para-hydroxylation sites is 1. The molecule has 7 nitrogen and oxygen atoms in total. The molecule has 0 spiro atoms. The van der Waals surface area contributed by atoms with Gasteiger partial charge in [-0.05, 0) is 55.0 Å². The molecule has 3 rings (SSSR count). The molecule has 3 aromatic carbocycles. The minimum absolute atomic E-state index is 0.0242. The zero-order chi connectivity index (χ0) is 22.6. The first-order valence-corrected chi connectivity index (χ1v) is 11.4. The average molecular weight is 505 g/mol. The van der Waals surface area contributed by atoms with Gasteiger partial charge in [-0.2, -0.15) is 0 Å². The first kappa shape index (κ1) is 22.6. The summed E-state index contributed by atoms with van der Waals surface area (Å²) in [5.74, 6) is 0.250. The smallest absolute Gasteiger partial charge is 0.262 e. The molecule has 2 N–H and O–H groups in total. The number of nitrogens with one attached hydrogen (secondary N) is 2. The molecule has 0 aliphatic heterocycles. The zero-order valence-corrected chi connectivity index (χ0v) is 19.5. The maximum atomic E-state index is 12.9. The lowest BCUT2D eigenvalue weighted by molar-refractivity contribution is 0.102. The van der Waals surface area contributed by atoms with Crippen LogP contribution in [0.15, 0.2) is 70.0 Å². The van der Waals surface area contributed by atoms with Crippen LogP contribution < -0.4 is 19.5 Å². The number of carbonyl (C=O) groups excluding carboxylic acids is 1. The Morgan fingerprint density at radius 1 is 0.935 bits per heavy atom. The van der Waals surface area contributed by atoms with E-state index in [9.17, 15) is 13.2 Å². The van der Waals surface area contributed by atoms with E-state index in [4.69, 9.17) is 9.47 Å². The monoisotopic (exact) mass is 504 g/mol. The Balaban J connectivity index is 1.89. The fraction of sp³-hybridized carbons (Fsp3) is 0.136. The van der Waals surface area contributed by atoms with Gasteiger partial charge in [0.2, 0.25) is 0 Å². The third-order valence-electron chi connectivity index (χ3n) is 4.50. The van der Waals surface area contributed by atoms with Gasteiger partial charge in [0.05, 0.1) is 30.4 Å². The quantitative estimate of drug-likeness (QED) is 0.480. The number of methoxy groups -OCH3 is 2. The van der Waals surface area contributed by atoms with Gasteiger partial charge >= 0.3 is 0 Å². The van der Waals surface area contributed by atoms with Gasteiger partial charge in [-0.15, -0.1) is 0 Å². The highest BCUT2D eigenvalue weighted by Crippen LogP contribution is 2.30. The summed E-state index contributed by atoms with van der Waals surface area (Å²) in [5, 5.41) is 2.79. The van der Waals surface area contributed by atoms with Crippen molar-refractivity contribution in [3.63, 3.8) is 0 Å². The number of amides is 1. The Kier molecular flexibility index (Phi) is 6.87. The molecule has 0 aliphatic rings. The Bertz CT molecular complexity index is 1230. The van der Waals surface area contributed by atoms with E-state index in [2.05, 4.69) is 26.0 Å². The van der Waals surface area contributed by atoms with Crippen LogP contribution in [0.2, 0.25) is 0 Å². The SMILES string of the molecule is COc1ccc(S(=O)(=O)Nc2ccccc2C(=O)Nc2ccc(Br)c(C)c2)cc1OC. The molecule has 0 saturated carbocycles. The first-order valence-electron chi connectivity index (χ1n) is 9.16. The highest BCUT2D eigenvalue weighted by Gasteiger charge is 2.20. The molecule has 3 aromatic rings. The third kappa shape index (κ3) is 5.18. The average Bonchev–Trinajstić information content (AvgIpc) is 2.75. The summed E-state index contributed by atoms with van der Waals surface area (Å²) in [4.78, 5) is 12.8. The lowest BCUT2D eigenvalue weighted by Crippen LogP contribution is -2.18. The number of ether oxygens (including phenoxy) is 2. The molecule has 0 saturated heterocycles. The molecule has 0 fully saturated rings. The second-order valence-corrected chi connectivity index (χ2v) is 9.12. The number of carbonyl (C=O) groups is 1. The summed E-state index contributed by atoms with van der Waals surface area (Å²) in [6.07, 6.45) is 0. The van der Waals surface area contributed by atoms with Crippen molar-refractivity contribution >= 4 is 43.2 Å². The van der Waals surface area contributed by atoms with Crippen molar-refractivity contribution in [1.82, 2.24) is 0 Å². The molecule has 162 valence electrons. The van der Waals surface area contributed by atoms with Crippen molar-refractivity contribution in [2.75, 3.05) is 24.3 Å². The van der Waals surface area contributed by atoms with Gasteiger partial charge in [0.1, 0.15) is 0 Å². The fourth-order valence-electron chi connectivity index (χ4n) is 2.88. The van der Waals surface area contributed by atoms with Gasteiger partial charge in [-0.1, -0.05) is 28.1 Å². The molecule has 0 heterocycles. The first-order chi connectivity index (χ1) is 14.7. The predicted octanol–water partition coefficient (Wildman–Crippen LogP) is 4.83. The van der Waals surface area contributed by atoms with E-state index in [1.54, 1.807) is 24.3 Å². The van der Waals surface area contributed by atoms with E-state index in [0.29, 0.717) is 11.4 Å². The molecule has 0 aromatic heterocycles. The third-order valence-corrected chi connectivity index (χ3v) is 6.75. The topological polar surface area (TPSA) is 93.7 Å². The van der Waals surface area contributed by atoms with Crippen LogP contribution in [0.4, 0.5) is 11.4 Å². The van der Waals surface area contributed by atoms with Gasteiger partial charge < -0.3 is 14.8 Å². The standard InChI is InChI=1S/C22H21BrN2O5S/c1-14-12-15(8-10-18(14)23)24-22(26)17-6-4-5-7-19(17)25-31(27,28)16-9-11-20(29-2)21(13-16)30-3/h4-13,25H,1-3H3,(H,24,26). The number of aryl methyl sites for hydroxylation is 1. The summed E-state index contributed by atoms with van der Waals surface area (Å²) in [7, 11) is -1.10. The molecular weight excluding hydrogens is 484 g/mol. The van der Waals surface area contributed by atoms with Crippen molar-refractivity contribution in [2.45, 2.75) is 11.8 Å². The minimum atomic E-state index is -3.98. The summed E-state index contributed by atoms with van der Waals surface area (Å²) in [6.45, 7) is 1.91. The number of sulfonamides is 1. The zero-order valence-electron chi connectivity index (χ0n) is 17.1. The number of benzene rings is 3. The van der Waals surface area contributed by atoms with Gasteiger partial charge in [-0.3, -0.25) is 9.52 Å². The molecule has 0 bridgehead atoms. The number of hydrogen-bond donors (Lipinski definition) is 2. The number of halogens is 1. The summed E-state index contributed by atoms with van der Waals surface area (Å²) in [5.41, 5.74) is 1.90. The number of hydrogen-bond acceptors (Lipinski definition) is 5. The second kappa shape index (κ2) is 9.40. The van der Waals surface area contributed by atoms with E-state index in [0.717, 1.165) is 10.0 Å². The van der Waals surface area contributed by atoms with Crippen LogP contribution in [-0.4, -0.2) is 28.5 Å². The Morgan fingerprint density at radius 3 is 2.32 bits per heavy atom. The van der Waals surface area contributed by atoms with Crippen molar-refractivity contribution < 1.29 is 22.7 Å². The summed E-state index contributed by atoms with van der Waals surface area (Å²) in [6, 6.07) is 16.0. The van der Waals surface area contributed by atoms with Crippen LogP contribution in [0.1, 0.15) is 15.9 Å². The lowest BCUT2D eigenvalue weighted by Gasteiger charge is -2.14. The van der Waals surface area contributed by atoms with Crippen molar-refractivity contribution in [3.05, 3.63) is 76.3 Å². The van der Waals surface area contributed by atoms with Crippen LogP contribution in [0.5, 0.6) is 11.5 Å². The molecular formula is C22H21BrN2O5S. The fourth-order valence-corrected chi connectivity index (χ4v) is 4.22. The molecule has 1 amide bonds. The Labute approximate surface area is 189 Å². The van der Waals surface area contributed by atoms with Crippen LogP contribution in [0, 0.1) is 6.92 Å². The van der Waals surface area contributed by atoms with E-state index in [-0.39, 0.29) is 21.9 Å². The Hall–Kier alpha value is -3.04. The van der Waals surface area contributed by atoms with Crippen LogP contribution >= 0.6 is 15.9 Å². The maximum Gasteiger partial charge on any atom is 0.262 e. The van der Waals surface area contributed by atoms with Crippen molar-refractivity contribution in [2.24, 2.45) is 0 Å². The van der Waals surface area contributed by atoms with Crippen molar-refractivity contribution in [1.29, 1.82) is 0 Å². The second-order valence-electron chi connectivity index (χ2n) is 6.59. The van der Waals surface area contributed by atoms with Gasteiger partial charge in [0.15, 0.2) is 11.5 Å². The molecule has 9 heteroatoms. The van der Waals surface area contributed by atoms with Gasteiger partial charge in [0, 0.05) is 16.2 Å². The maximum absolute atomic E-state index is 12.9. The van der Waals surface area contributed by atoms with E-state index in [1.807, 2.05) is 19.1 Å². The van der Waals surface area contributed by atoms with E-state index in [1.165, 1.54) is 38.5 Å². The van der Waals surface area contributed by atoms with E-state index < -0.39 is 15.9 Å². The lowest BCUT2D eigenvalue weighted by atomic mass is 10.1. The Morgan fingerprint density at radius 2 is 1.65 bits per heavy atom. The summed E-state index contributed by atoms with van der Waals surface area (Å²) < 4.78 is 39.6. The van der Waals surface area contributed by atoms with E-state index >= 15 is 0 Å². The van der Waals surface area contributed by atoms with Gasteiger partial charge in [-0.25, -0.2) is 8.42 Å². The van der Waals surface area contributed by atoms with Crippen molar-refractivity contribution in [3.8, 4) is 11.5 Å². The van der Waals surface area contributed by atoms with Gasteiger partial charge in [0.25, 0.3) is 15.9 Å². The molecule has 0 atom stereocenters. The highest BCUT2D eigenvalue weighted by atomic mass is 79.9. The molecule has 0 radical (unpaired) electrons. The largest absolute Gasteiger partial charge is 0.493 e. The number of anilines is 2. The highest BCUT2D eigenvalue weighted by molar-refractivity contribution is 9.10. The predicted molar refractivity (Wildman–Crippen MR) is 124 cm³/mol. The van der Waals surface area contributed by atoms with Crippen LogP contribution in [-0.2, 0) is 10.0 Å². The van der Waals surface area contributed by atoms with Crippen LogP contribution in [0.3, 0.4) is 0 Å². The minimum Gasteiger partial charge on any atom is -0.493 e. The number of rotatable bonds is 7. The normalized spacial score (nSPS) is 11.0. The molecule has 31 heavy (non-hydrogen) atoms. The molecule has 0 unspecified atom stereocenters. The summed E-state index contributed by atoms with van der Waals surface area (Å²) >= 11 is 3.42. The van der Waals surface area contributed by atoms with Crippen LogP contribution in [0.25, 0.3) is 0 Å².